The molecule has 7 heteroatoms. The maximum absolute atomic E-state index is 12.3. The van der Waals surface area contributed by atoms with Gasteiger partial charge in [-0.05, 0) is 31.5 Å². The smallest absolute Gasteiger partial charge is 0.270 e. The minimum Gasteiger partial charge on any atom is -0.280 e. The Morgan fingerprint density at radius 3 is 2.24 bits per heavy atom. The van der Waals surface area contributed by atoms with Crippen LogP contribution in [0, 0.1) is 24.0 Å². The number of nitrogens with zero attached hydrogens (tertiary/aromatic N) is 1. The number of hydrogen-bond acceptors (Lipinski definition) is 4. The van der Waals surface area contributed by atoms with Gasteiger partial charge in [-0.15, -0.1) is 0 Å². The zero-order valence-electron chi connectivity index (χ0n) is 11.5. The summed E-state index contributed by atoms with van der Waals surface area (Å²) in [7, 11) is -3.87. The van der Waals surface area contributed by atoms with Crippen molar-refractivity contribution in [3.63, 3.8) is 0 Å². The van der Waals surface area contributed by atoms with E-state index in [1.165, 1.54) is 12.1 Å². The summed E-state index contributed by atoms with van der Waals surface area (Å²) in [6.07, 6.45) is 0. The molecule has 21 heavy (non-hydrogen) atoms. The van der Waals surface area contributed by atoms with E-state index in [1.54, 1.807) is 31.2 Å². The van der Waals surface area contributed by atoms with Gasteiger partial charge in [0.05, 0.1) is 9.82 Å². The predicted octanol–water partition coefficient (Wildman–Crippen LogP) is 3.01. The summed E-state index contributed by atoms with van der Waals surface area (Å²) in [6, 6.07) is 10.6. The fraction of sp³-hybridized carbons (Fsp3) is 0.143. The van der Waals surface area contributed by atoms with Crippen molar-refractivity contribution in [2.45, 2.75) is 18.7 Å². The Morgan fingerprint density at radius 1 is 1.05 bits per heavy atom. The van der Waals surface area contributed by atoms with Gasteiger partial charge in [-0.2, -0.15) is 0 Å². The number of anilines is 1. The van der Waals surface area contributed by atoms with Gasteiger partial charge in [0, 0.05) is 17.8 Å². The summed E-state index contributed by atoms with van der Waals surface area (Å²) in [6.45, 7) is 3.48. The van der Waals surface area contributed by atoms with Crippen molar-refractivity contribution in [1.29, 1.82) is 0 Å². The molecule has 0 unspecified atom stereocenters. The predicted molar refractivity (Wildman–Crippen MR) is 79.8 cm³/mol. The summed E-state index contributed by atoms with van der Waals surface area (Å²) >= 11 is 0. The first-order valence-corrected chi connectivity index (χ1v) is 7.62. The average Bonchev–Trinajstić information content (AvgIpc) is 2.41. The molecule has 0 aromatic heterocycles. The van der Waals surface area contributed by atoms with E-state index in [4.69, 9.17) is 0 Å². The highest BCUT2D eigenvalue weighted by Crippen LogP contribution is 2.24. The fourth-order valence-electron chi connectivity index (χ4n) is 1.82. The zero-order valence-corrected chi connectivity index (χ0v) is 12.3. The van der Waals surface area contributed by atoms with Crippen molar-refractivity contribution < 1.29 is 13.3 Å². The van der Waals surface area contributed by atoms with E-state index >= 15 is 0 Å². The van der Waals surface area contributed by atoms with Gasteiger partial charge in [-0.25, -0.2) is 8.42 Å². The summed E-state index contributed by atoms with van der Waals surface area (Å²) in [5.74, 6) is 0. The molecule has 0 heterocycles. The molecule has 0 aliphatic heterocycles. The monoisotopic (exact) mass is 306 g/mol. The summed E-state index contributed by atoms with van der Waals surface area (Å²) < 4.78 is 27.1. The molecule has 110 valence electrons. The molecule has 1 N–H and O–H groups in total. The van der Waals surface area contributed by atoms with Crippen LogP contribution in [0.3, 0.4) is 0 Å². The zero-order chi connectivity index (χ0) is 15.6. The normalized spacial score (nSPS) is 11.1. The Hall–Kier alpha value is -2.41. The second-order valence-corrected chi connectivity index (χ2v) is 6.33. The molecule has 6 nitrogen and oxygen atoms in total. The van der Waals surface area contributed by atoms with E-state index in [2.05, 4.69) is 4.72 Å². The highest BCUT2D eigenvalue weighted by atomic mass is 32.2. The van der Waals surface area contributed by atoms with Gasteiger partial charge < -0.3 is 0 Å². The number of nitro groups is 1. The van der Waals surface area contributed by atoms with Crippen LogP contribution in [0.4, 0.5) is 11.4 Å². The van der Waals surface area contributed by atoms with E-state index in [0.29, 0.717) is 11.3 Å². The number of rotatable bonds is 4. The van der Waals surface area contributed by atoms with Gasteiger partial charge in [0.25, 0.3) is 15.7 Å². The molecule has 2 rings (SSSR count). The molecular weight excluding hydrogens is 292 g/mol. The Kier molecular flexibility index (Phi) is 3.95. The third kappa shape index (κ3) is 3.38. The highest BCUT2D eigenvalue weighted by molar-refractivity contribution is 7.92. The van der Waals surface area contributed by atoms with E-state index < -0.39 is 14.9 Å². The van der Waals surface area contributed by atoms with Crippen molar-refractivity contribution in [2.75, 3.05) is 4.72 Å². The van der Waals surface area contributed by atoms with Crippen LogP contribution in [-0.2, 0) is 10.0 Å². The lowest BCUT2D eigenvalue weighted by Gasteiger charge is -2.10. The average molecular weight is 306 g/mol. The lowest BCUT2D eigenvalue weighted by Crippen LogP contribution is -2.14. The van der Waals surface area contributed by atoms with Crippen molar-refractivity contribution >= 4 is 21.4 Å². The van der Waals surface area contributed by atoms with Crippen LogP contribution < -0.4 is 4.72 Å². The molecule has 2 aromatic rings. The molecule has 2 aromatic carbocycles. The van der Waals surface area contributed by atoms with Gasteiger partial charge in [-0.1, -0.05) is 23.8 Å². The van der Waals surface area contributed by atoms with Crippen LogP contribution in [-0.4, -0.2) is 13.3 Å². The van der Waals surface area contributed by atoms with Crippen LogP contribution in [0.5, 0.6) is 0 Å². The van der Waals surface area contributed by atoms with Crippen molar-refractivity contribution in [1.82, 2.24) is 0 Å². The van der Waals surface area contributed by atoms with Crippen LogP contribution >= 0.6 is 0 Å². The molecule has 0 amide bonds. The topological polar surface area (TPSA) is 89.3 Å². The molecule has 0 bridgehead atoms. The van der Waals surface area contributed by atoms with Crippen LogP contribution in [0.2, 0.25) is 0 Å². The van der Waals surface area contributed by atoms with Crippen LogP contribution in [0.15, 0.2) is 47.4 Å². The first-order valence-electron chi connectivity index (χ1n) is 6.14. The van der Waals surface area contributed by atoms with E-state index in [-0.39, 0.29) is 10.6 Å². The minimum absolute atomic E-state index is 0.0997. The van der Waals surface area contributed by atoms with Crippen molar-refractivity contribution in [3.8, 4) is 0 Å². The molecule has 0 saturated heterocycles. The fourth-order valence-corrected chi connectivity index (χ4v) is 3.15. The van der Waals surface area contributed by atoms with Crippen LogP contribution in [0.1, 0.15) is 11.1 Å². The largest absolute Gasteiger partial charge is 0.280 e. The summed E-state index contributed by atoms with van der Waals surface area (Å²) in [5, 5.41) is 10.8. The number of hydrogen-bond donors (Lipinski definition) is 1. The number of nitro benzene ring substituents is 1. The number of non-ortho nitro benzene ring substituents is 1. The first kappa shape index (κ1) is 15.0. The van der Waals surface area contributed by atoms with Crippen molar-refractivity contribution in [3.05, 3.63) is 63.7 Å². The molecule has 0 spiro atoms. The SMILES string of the molecule is Cc1ccc(NS(=O)(=O)c2cc([N+](=O)[O-])ccc2C)cc1. The Bertz CT molecular complexity index is 783. The van der Waals surface area contributed by atoms with E-state index in [9.17, 15) is 18.5 Å². The molecule has 0 atom stereocenters. The summed E-state index contributed by atoms with van der Waals surface area (Å²) in [4.78, 5) is 10.1. The van der Waals surface area contributed by atoms with Crippen molar-refractivity contribution in [2.24, 2.45) is 0 Å². The Labute approximate surface area is 122 Å². The van der Waals surface area contributed by atoms with Crippen LogP contribution in [0.25, 0.3) is 0 Å². The Morgan fingerprint density at radius 2 is 1.67 bits per heavy atom. The van der Waals surface area contributed by atoms with Gasteiger partial charge in [0.1, 0.15) is 0 Å². The minimum atomic E-state index is -3.87. The number of nitrogens with one attached hydrogen (secondary N) is 1. The summed E-state index contributed by atoms with van der Waals surface area (Å²) in [5.41, 5.74) is 1.60. The second kappa shape index (κ2) is 5.53. The highest BCUT2D eigenvalue weighted by Gasteiger charge is 2.20. The molecule has 0 aliphatic rings. The maximum Gasteiger partial charge on any atom is 0.270 e. The lowest BCUT2D eigenvalue weighted by molar-refractivity contribution is -0.385. The third-order valence-electron chi connectivity index (χ3n) is 2.98. The lowest BCUT2D eigenvalue weighted by atomic mass is 10.2. The van der Waals surface area contributed by atoms with Gasteiger partial charge in [0.15, 0.2) is 0 Å². The first-order chi connectivity index (χ1) is 9.79. The number of aryl methyl sites for hydroxylation is 2. The van der Waals surface area contributed by atoms with E-state index in [1.807, 2.05) is 6.92 Å². The van der Waals surface area contributed by atoms with E-state index in [0.717, 1.165) is 11.6 Å². The molecule has 0 aliphatic carbocycles. The molecule has 0 radical (unpaired) electrons. The quantitative estimate of drug-likeness (QED) is 0.694. The van der Waals surface area contributed by atoms with Gasteiger partial charge in [0.2, 0.25) is 0 Å². The Balaban J connectivity index is 2.41. The molecular formula is C14H14N2O4S. The van der Waals surface area contributed by atoms with Gasteiger partial charge >= 0.3 is 0 Å². The second-order valence-electron chi connectivity index (χ2n) is 4.68. The third-order valence-corrected chi connectivity index (χ3v) is 4.50. The molecule has 0 saturated carbocycles. The number of benzene rings is 2. The van der Waals surface area contributed by atoms with Gasteiger partial charge in [-0.3, -0.25) is 14.8 Å². The standard InChI is InChI=1S/C14H14N2O4S/c1-10-3-6-12(7-4-10)15-21(19,20)14-9-13(16(17)18)8-5-11(14)2/h3-9,15H,1-2H3. The molecule has 0 fully saturated rings. The number of sulfonamides is 1. The maximum atomic E-state index is 12.3.